The zero-order valence-corrected chi connectivity index (χ0v) is 16.5. The Balaban J connectivity index is 1.63. The highest BCUT2D eigenvalue weighted by Gasteiger charge is 2.12. The van der Waals surface area contributed by atoms with E-state index in [-0.39, 0.29) is 13.2 Å². The Bertz CT molecular complexity index is 1380. The summed E-state index contributed by atoms with van der Waals surface area (Å²) in [6, 6.07) is 19.0. The van der Waals surface area contributed by atoms with E-state index in [2.05, 4.69) is 15.5 Å². The monoisotopic (exact) mass is 412 g/mol. The number of H-pyrrole nitrogens is 1. The van der Waals surface area contributed by atoms with E-state index in [1.807, 2.05) is 60.7 Å². The minimum Gasteiger partial charge on any atom is -0.491 e. The number of nitrogens with one attached hydrogen (secondary N) is 2. The molecule has 8 heteroatoms. The minimum absolute atomic E-state index is 0.0568. The molecule has 5 N–H and O–H groups in total. The number of fused-ring (bicyclic) bond motifs is 2. The average molecular weight is 412 g/mol. The molecule has 0 unspecified atom stereocenters. The van der Waals surface area contributed by atoms with Crippen molar-refractivity contribution >= 4 is 39.0 Å². The highest BCUT2D eigenvalue weighted by atomic mass is 16.5. The summed E-state index contributed by atoms with van der Waals surface area (Å²) in [6.45, 7) is 0.159. The van der Waals surface area contributed by atoms with E-state index in [0.717, 1.165) is 33.1 Å². The van der Waals surface area contributed by atoms with E-state index in [1.165, 1.54) is 0 Å². The van der Waals surface area contributed by atoms with Crippen molar-refractivity contribution in [3.63, 3.8) is 0 Å². The van der Waals surface area contributed by atoms with E-state index < -0.39 is 0 Å². The van der Waals surface area contributed by atoms with Crippen molar-refractivity contribution in [2.24, 2.45) is 0 Å². The molecular formula is C23H20N6O2. The average Bonchev–Trinajstić information content (AvgIpc) is 3.25. The van der Waals surface area contributed by atoms with Gasteiger partial charge < -0.3 is 20.9 Å². The van der Waals surface area contributed by atoms with Crippen LogP contribution in [0, 0.1) is 0 Å². The first-order valence-corrected chi connectivity index (χ1v) is 9.81. The van der Waals surface area contributed by atoms with Crippen LogP contribution in [0.1, 0.15) is 0 Å². The highest BCUT2D eigenvalue weighted by molar-refractivity contribution is 5.94. The molecule has 3 aromatic carbocycles. The summed E-state index contributed by atoms with van der Waals surface area (Å²) in [4.78, 5) is 9.52. The molecular weight excluding hydrogens is 392 g/mol. The molecule has 0 atom stereocenters. The lowest BCUT2D eigenvalue weighted by Crippen LogP contribution is -2.03. The van der Waals surface area contributed by atoms with Gasteiger partial charge in [0.25, 0.3) is 0 Å². The van der Waals surface area contributed by atoms with Crippen molar-refractivity contribution in [1.29, 1.82) is 0 Å². The maximum absolute atomic E-state index is 9.06. The van der Waals surface area contributed by atoms with Crippen LogP contribution in [0.4, 0.5) is 17.2 Å². The topological polar surface area (TPSA) is 122 Å². The van der Waals surface area contributed by atoms with Gasteiger partial charge in [-0.25, -0.2) is 9.97 Å². The fourth-order valence-corrected chi connectivity index (χ4v) is 3.42. The Kier molecular flexibility index (Phi) is 4.81. The number of hydrogen-bond acceptors (Lipinski definition) is 7. The molecule has 0 aliphatic rings. The first kappa shape index (κ1) is 18.8. The van der Waals surface area contributed by atoms with Crippen LogP contribution < -0.4 is 15.8 Å². The molecule has 0 aliphatic carbocycles. The Morgan fingerprint density at radius 2 is 1.97 bits per heavy atom. The Morgan fingerprint density at radius 3 is 2.84 bits per heavy atom. The molecule has 5 aromatic rings. The van der Waals surface area contributed by atoms with Crippen molar-refractivity contribution in [2.45, 2.75) is 0 Å². The summed E-state index contributed by atoms with van der Waals surface area (Å²) in [7, 11) is 0. The van der Waals surface area contributed by atoms with Gasteiger partial charge in [-0.1, -0.05) is 12.1 Å². The van der Waals surface area contributed by atoms with Gasteiger partial charge in [0.15, 0.2) is 5.82 Å². The number of nitrogens with zero attached hydrogens (tertiary/aromatic N) is 3. The predicted molar refractivity (Wildman–Crippen MR) is 121 cm³/mol. The van der Waals surface area contributed by atoms with Crippen LogP contribution in [0.15, 0.2) is 66.9 Å². The first-order valence-electron chi connectivity index (χ1n) is 9.81. The van der Waals surface area contributed by atoms with Crippen LogP contribution in [0.3, 0.4) is 0 Å². The lowest BCUT2D eigenvalue weighted by molar-refractivity contribution is 0.201. The summed E-state index contributed by atoms with van der Waals surface area (Å²) in [5.41, 5.74) is 10.0. The van der Waals surface area contributed by atoms with E-state index in [1.54, 1.807) is 6.20 Å². The number of benzene rings is 3. The molecule has 0 bridgehead atoms. The summed E-state index contributed by atoms with van der Waals surface area (Å²) in [6.07, 6.45) is 1.78. The van der Waals surface area contributed by atoms with Crippen LogP contribution in [-0.2, 0) is 0 Å². The standard InChI is InChI=1S/C23H20N6O2/c24-16-3-1-2-14(10-16)22-27-21-7-5-18(31-9-8-30)12-19(21)23(28-22)26-17-4-6-20-15(11-17)13-25-29-20/h1-7,10-13,30H,8-9,24H2,(H,25,29)(H,26,27,28). The zero-order chi connectivity index (χ0) is 21.2. The molecule has 0 amide bonds. The number of hydrogen-bond donors (Lipinski definition) is 4. The molecule has 154 valence electrons. The molecule has 0 radical (unpaired) electrons. The molecule has 0 fully saturated rings. The number of aliphatic hydroxyl groups is 1. The van der Waals surface area contributed by atoms with Gasteiger partial charge in [0, 0.05) is 27.7 Å². The normalized spacial score (nSPS) is 11.1. The third kappa shape index (κ3) is 3.84. The molecule has 5 rings (SSSR count). The second kappa shape index (κ2) is 7.92. The minimum atomic E-state index is -0.0568. The molecule has 0 saturated heterocycles. The largest absolute Gasteiger partial charge is 0.491 e. The van der Waals surface area contributed by atoms with Crippen molar-refractivity contribution in [2.75, 3.05) is 24.3 Å². The number of rotatable bonds is 6. The lowest BCUT2D eigenvalue weighted by atomic mass is 10.1. The maximum Gasteiger partial charge on any atom is 0.162 e. The van der Waals surface area contributed by atoms with Crippen LogP contribution in [0.5, 0.6) is 5.75 Å². The van der Waals surface area contributed by atoms with Crippen molar-refractivity contribution in [3.05, 3.63) is 66.9 Å². The van der Waals surface area contributed by atoms with E-state index in [9.17, 15) is 0 Å². The number of anilines is 3. The summed E-state index contributed by atoms with van der Waals surface area (Å²) >= 11 is 0. The number of nitrogen functional groups attached to an aromatic ring is 1. The van der Waals surface area contributed by atoms with E-state index >= 15 is 0 Å². The van der Waals surface area contributed by atoms with Crippen LogP contribution in [0.2, 0.25) is 0 Å². The fraction of sp³-hybridized carbons (Fsp3) is 0.0870. The van der Waals surface area contributed by atoms with Crippen LogP contribution in [-0.4, -0.2) is 38.5 Å². The Morgan fingerprint density at radius 1 is 1.03 bits per heavy atom. The van der Waals surface area contributed by atoms with Gasteiger partial charge in [-0.05, 0) is 48.5 Å². The molecule has 0 spiro atoms. The van der Waals surface area contributed by atoms with Crippen LogP contribution >= 0.6 is 0 Å². The quantitative estimate of drug-likeness (QED) is 0.312. The second-order valence-electron chi connectivity index (χ2n) is 7.07. The molecule has 31 heavy (non-hydrogen) atoms. The smallest absolute Gasteiger partial charge is 0.162 e. The Hall–Kier alpha value is -4.17. The summed E-state index contributed by atoms with van der Waals surface area (Å²) < 4.78 is 5.58. The van der Waals surface area contributed by atoms with Gasteiger partial charge in [0.2, 0.25) is 0 Å². The SMILES string of the molecule is Nc1cccc(-c2nc(Nc3ccc4[nH]ncc4c3)c3cc(OCCO)ccc3n2)c1. The third-order valence-electron chi connectivity index (χ3n) is 4.87. The predicted octanol–water partition coefficient (Wildman–Crippen LogP) is 3.87. The van der Waals surface area contributed by atoms with Gasteiger partial charge in [-0.15, -0.1) is 0 Å². The number of ether oxygens (including phenoxy) is 1. The van der Waals surface area contributed by atoms with E-state index in [0.29, 0.717) is 23.1 Å². The first-order chi connectivity index (χ1) is 15.2. The number of aromatic amines is 1. The van der Waals surface area contributed by atoms with Gasteiger partial charge in [-0.3, -0.25) is 5.10 Å². The van der Waals surface area contributed by atoms with Gasteiger partial charge in [-0.2, -0.15) is 5.10 Å². The molecule has 2 aromatic heterocycles. The molecule has 8 nitrogen and oxygen atoms in total. The lowest BCUT2D eigenvalue weighted by Gasteiger charge is -2.13. The van der Waals surface area contributed by atoms with Gasteiger partial charge >= 0.3 is 0 Å². The number of aromatic nitrogens is 4. The van der Waals surface area contributed by atoms with Crippen LogP contribution in [0.25, 0.3) is 33.2 Å². The van der Waals surface area contributed by atoms with E-state index in [4.69, 9.17) is 25.5 Å². The second-order valence-corrected chi connectivity index (χ2v) is 7.07. The number of aliphatic hydroxyl groups excluding tert-OH is 1. The number of nitrogens with two attached hydrogens (primary N) is 1. The maximum atomic E-state index is 9.06. The molecule has 2 heterocycles. The summed E-state index contributed by atoms with van der Waals surface area (Å²) in [5.74, 6) is 1.84. The molecule has 0 saturated carbocycles. The van der Waals surface area contributed by atoms with Gasteiger partial charge in [0.1, 0.15) is 18.2 Å². The van der Waals surface area contributed by atoms with Crippen molar-refractivity contribution < 1.29 is 9.84 Å². The van der Waals surface area contributed by atoms with Crippen molar-refractivity contribution in [3.8, 4) is 17.1 Å². The highest BCUT2D eigenvalue weighted by Crippen LogP contribution is 2.31. The summed E-state index contributed by atoms with van der Waals surface area (Å²) in [5, 5.41) is 21.3. The van der Waals surface area contributed by atoms with Crippen molar-refractivity contribution in [1.82, 2.24) is 20.2 Å². The molecule has 0 aliphatic heterocycles. The van der Waals surface area contributed by atoms with Gasteiger partial charge in [0.05, 0.1) is 23.8 Å². The zero-order valence-electron chi connectivity index (χ0n) is 16.5. The third-order valence-corrected chi connectivity index (χ3v) is 4.87. The Labute approximate surface area is 177 Å². The fourth-order valence-electron chi connectivity index (χ4n) is 3.42.